The number of ketones is 2. The first-order valence-corrected chi connectivity index (χ1v) is 6.09. The van der Waals surface area contributed by atoms with Gasteiger partial charge in [0.2, 0.25) is 5.78 Å². The maximum atomic E-state index is 11.5. The van der Waals surface area contributed by atoms with Crippen molar-refractivity contribution in [1.29, 1.82) is 0 Å². The molecule has 17 heavy (non-hydrogen) atoms. The van der Waals surface area contributed by atoms with Crippen LogP contribution in [-0.4, -0.2) is 24.0 Å². The number of Topliss-reactive ketones (excluding diaryl/α,β-unsaturated/α-hetero) is 2. The van der Waals surface area contributed by atoms with Crippen LogP contribution in [0.5, 0.6) is 0 Å². The number of carbonyl (C=O) groups is 3. The van der Waals surface area contributed by atoms with Crippen molar-refractivity contribution in [2.24, 2.45) is 5.92 Å². The van der Waals surface area contributed by atoms with Gasteiger partial charge < -0.3 is 5.32 Å². The minimum Gasteiger partial charge on any atom is -0.346 e. The molecule has 1 atom stereocenters. The molecule has 0 aromatic rings. The van der Waals surface area contributed by atoms with Crippen molar-refractivity contribution >= 4 is 17.5 Å². The zero-order valence-electron chi connectivity index (χ0n) is 10.0. The molecule has 0 aromatic heterocycles. The predicted octanol–water partition coefficient (Wildman–Crippen LogP) is 1.40. The molecule has 1 aliphatic rings. The van der Waals surface area contributed by atoms with E-state index in [9.17, 15) is 14.4 Å². The minimum atomic E-state index is -0.576. The fraction of sp³-hybridized carbons (Fsp3) is 0.615. The third-order valence-electron chi connectivity index (χ3n) is 3.06. The molecule has 0 radical (unpaired) electrons. The Balaban J connectivity index is 2.29. The summed E-state index contributed by atoms with van der Waals surface area (Å²) in [5.41, 5.74) is 0. The Labute approximate surface area is 101 Å². The number of amides is 1. The lowest BCUT2D eigenvalue weighted by atomic mass is 9.84. The van der Waals surface area contributed by atoms with Gasteiger partial charge in [0.25, 0.3) is 5.91 Å². The van der Waals surface area contributed by atoms with Gasteiger partial charge in [-0.15, -0.1) is 6.58 Å². The maximum absolute atomic E-state index is 11.5. The van der Waals surface area contributed by atoms with Gasteiger partial charge in [0.05, 0.1) is 0 Å². The third-order valence-corrected chi connectivity index (χ3v) is 3.06. The Morgan fingerprint density at radius 3 is 2.82 bits per heavy atom. The normalized spacial score (nSPS) is 19.8. The molecule has 0 aliphatic heterocycles. The van der Waals surface area contributed by atoms with Gasteiger partial charge in [-0.2, -0.15) is 0 Å². The van der Waals surface area contributed by atoms with E-state index >= 15 is 0 Å². The summed E-state index contributed by atoms with van der Waals surface area (Å²) in [7, 11) is 0. The number of hydrogen-bond acceptors (Lipinski definition) is 3. The third kappa shape index (κ3) is 4.51. The molecule has 0 heterocycles. The molecule has 1 saturated carbocycles. The first kappa shape index (κ1) is 13.6. The molecular formula is C13H19NO3. The average molecular weight is 237 g/mol. The zero-order chi connectivity index (χ0) is 12.7. The predicted molar refractivity (Wildman–Crippen MR) is 64.4 cm³/mol. The largest absolute Gasteiger partial charge is 0.346 e. The van der Waals surface area contributed by atoms with Crippen molar-refractivity contribution in [3.05, 3.63) is 12.7 Å². The van der Waals surface area contributed by atoms with Gasteiger partial charge in [-0.1, -0.05) is 12.5 Å². The number of hydrogen-bond donors (Lipinski definition) is 1. The van der Waals surface area contributed by atoms with Crippen LogP contribution in [0.3, 0.4) is 0 Å². The van der Waals surface area contributed by atoms with Crippen LogP contribution in [0.4, 0.5) is 0 Å². The fourth-order valence-corrected chi connectivity index (χ4v) is 2.04. The van der Waals surface area contributed by atoms with Crippen molar-refractivity contribution < 1.29 is 14.4 Å². The number of nitrogens with one attached hydrogen (secondary N) is 1. The fourth-order valence-electron chi connectivity index (χ4n) is 2.04. The van der Waals surface area contributed by atoms with Crippen LogP contribution in [0.1, 0.15) is 38.5 Å². The summed E-state index contributed by atoms with van der Waals surface area (Å²) in [5, 5.41) is 2.44. The number of rotatable bonds is 6. The molecular weight excluding hydrogens is 218 g/mol. The van der Waals surface area contributed by atoms with Crippen LogP contribution in [0, 0.1) is 5.92 Å². The second kappa shape index (κ2) is 6.99. The molecule has 94 valence electrons. The topological polar surface area (TPSA) is 63.2 Å². The van der Waals surface area contributed by atoms with Gasteiger partial charge in [-0.25, -0.2) is 0 Å². The first-order chi connectivity index (χ1) is 8.15. The number of carbonyl (C=O) groups excluding carboxylic acids is 3. The second-order valence-corrected chi connectivity index (χ2v) is 4.37. The molecule has 1 unspecified atom stereocenters. The van der Waals surface area contributed by atoms with Gasteiger partial charge in [-0.3, -0.25) is 14.4 Å². The standard InChI is InChI=1S/C13H19NO3/c1-2-9-14-13(17)12(16)8-7-10-5-3-4-6-11(10)15/h2,10H,1,3-9H2,(H,14,17). The van der Waals surface area contributed by atoms with Crippen LogP contribution >= 0.6 is 0 Å². The summed E-state index contributed by atoms with van der Waals surface area (Å²) < 4.78 is 0. The van der Waals surface area contributed by atoms with E-state index in [2.05, 4.69) is 11.9 Å². The van der Waals surface area contributed by atoms with E-state index in [1.54, 1.807) is 0 Å². The van der Waals surface area contributed by atoms with Gasteiger partial charge in [-0.05, 0) is 19.3 Å². The van der Waals surface area contributed by atoms with Crippen molar-refractivity contribution in [3.63, 3.8) is 0 Å². The maximum Gasteiger partial charge on any atom is 0.287 e. The molecule has 1 N–H and O–H groups in total. The Morgan fingerprint density at radius 2 is 2.18 bits per heavy atom. The Hall–Kier alpha value is -1.45. The van der Waals surface area contributed by atoms with Gasteiger partial charge in [0.1, 0.15) is 5.78 Å². The summed E-state index contributed by atoms with van der Waals surface area (Å²) in [6.45, 7) is 3.75. The highest BCUT2D eigenvalue weighted by atomic mass is 16.2. The van der Waals surface area contributed by atoms with Gasteiger partial charge in [0.15, 0.2) is 0 Å². The van der Waals surface area contributed by atoms with Crippen molar-refractivity contribution in [2.45, 2.75) is 38.5 Å². The quantitative estimate of drug-likeness (QED) is 0.561. The molecule has 4 nitrogen and oxygen atoms in total. The monoisotopic (exact) mass is 237 g/mol. The van der Waals surface area contributed by atoms with Gasteiger partial charge >= 0.3 is 0 Å². The van der Waals surface area contributed by atoms with E-state index < -0.39 is 11.7 Å². The van der Waals surface area contributed by atoms with Crippen molar-refractivity contribution in [2.75, 3.05) is 6.54 Å². The molecule has 1 fully saturated rings. The average Bonchev–Trinajstić information content (AvgIpc) is 2.34. The molecule has 0 bridgehead atoms. The first-order valence-electron chi connectivity index (χ1n) is 6.09. The van der Waals surface area contributed by atoms with E-state index in [1.807, 2.05) is 0 Å². The summed E-state index contributed by atoms with van der Waals surface area (Å²) in [5.74, 6) is -0.783. The van der Waals surface area contributed by atoms with Crippen LogP contribution < -0.4 is 5.32 Å². The van der Waals surface area contributed by atoms with E-state index in [0.717, 1.165) is 19.3 Å². The van der Waals surface area contributed by atoms with E-state index in [1.165, 1.54) is 6.08 Å². The van der Waals surface area contributed by atoms with E-state index in [-0.39, 0.29) is 18.1 Å². The molecule has 4 heteroatoms. The Bertz CT molecular complexity index is 323. The van der Waals surface area contributed by atoms with Crippen LogP contribution in [0.25, 0.3) is 0 Å². The smallest absolute Gasteiger partial charge is 0.287 e. The van der Waals surface area contributed by atoms with Crippen molar-refractivity contribution in [3.8, 4) is 0 Å². The van der Waals surface area contributed by atoms with Crippen molar-refractivity contribution in [1.82, 2.24) is 5.32 Å². The molecule has 1 aliphatic carbocycles. The van der Waals surface area contributed by atoms with Crippen LogP contribution in [0.15, 0.2) is 12.7 Å². The summed E-state index contributed by atoms with van der Waals surface area (Å²) in [4.78, 5) is 34.2. The van der Waals surface area contributed by atoms with E-state index in [4.69, 9.17) is 0 Å². The highest BCUT2D eigenvalue weighted by Crippen LogP contribution is 2.24. The minimum absolute atomic E-state index is 0.0140. The molecule has 1 rings (SSSR count). The van der Waals surface area contributed by atoms with E-state index in [0.29, 0.717) is 19.4 Å². The van der Waals surface area contributed by atoms with Gasteiger partial charge in [0, 0.05) is 25.3 Å². The summed E-state index contributed by atoms with van der Waals surface area (Å²) >= 11 is 0. The lowest BCUT2D eigenvalue weighted by Gasteiger charge is -2.19. The second-order valence-electron chi connectivity index (χ2n) is 4.37. The summed E-state index contributed by atoms with van der Waals surface area (Å²) in [6.07, 6.45) is 5.70. The highest BCUT2D eigenvalue weighted by molar-refractivity contribution is 6.36. The van der Waals surface area contributed by atoms with Crippen LogP contribution in [-0.2, 0) is 14.4 Å². The lowest BCUT2D eigenvalue weighted by molar-refractivity contribution is -0.138. The molecule has 0 saturated heterocycles. The SMILES string of the molecule is C=CCNC(=O)C(=O)CCC1CCCCC1=O. The zero-order valence-corrected chi connectivity index (χ0v) is 10.0. The summed E-state index contributed by atoms with van der Waals surface area (Å²) in [6, 6.07) is 0. The Morgan fingerprint density at radius 1 is 1.41 bits per heavy atom. The molecule has 1 amide bonds. The highest BCUT2D eigenvalue weighted by Gasteiger charge is 2.23. The lowest BCUT2D eigenvalue weighted by Crippen LogP contribution is -2.31. The molecule has 0 spiro atoms. The Kier molecular flexibility index (Phi) is 5.60. The molecule has 0 aromatic carbocycles. The van der Waals surface area contributed by atoms with Crippen LogP contribution in [0.2, 0.25) is 0 Å².